The summed E-state index contributed by atoms with van der Waals surface area (Å²) in [6.07, 6.45) is 1.05. The predicted octanol–water partition coefficient (Wildman–Crippen LogP) is 1.47. The first-order valence-corrected chi connectivity index (χ1v) is 7.07. The van der Waals surface area contributed by atoms with Crippen LogP contribution in [-0.4, -0.2) is 35.1 Å². The van der Waals surface area contributed by atoms with E-state index in [9.17, 15) is 0 Å². The highest BCUT2D eigenvalue weighted by molar-refractivity contribution is 5.59. The molecule has 2 aromatic rings. The lowest BCUT2D eigenvalue weighted by Crippen LogP contribution is -2.30. The predicted molar refractivity (Wildman–Crippen MR) is 84.4 cm³/mol. The number of hydrogen-bond acceptors (Lipinski definition) is 6. The summed E-state index contributed by atoms with van der Waals surface area (Å²) in [5.41, 5.74) is 8.43. The molecule has 0 spiro atoms. The van der Waals surface area contributed by atoms with Crippen LogP contribution in [0.15, 0.2) is 24.3 Å². The number of fused-ring (bicyclic) bond motifs is 1. The molecule has 3 rings (SSSR count). The van der Waals surface area contributed by atoms with Crippen LogP contribution in [0.2, 0.25) is 0 Å². The molecule has 6 heteroatoms. The van der Waals surface area contributed by atoms with Crippen LogP contribution in [0, 0.1) is 0 Å². The molecule has 1 atom stereocenters. The van der Waals surface area contributed by atoms with Crippen LogP contribution in [0.4, 0.5) is 17.6 Å². The maximum atomic E-state index is 5.79. The van der Waals surface area contributed by atoms with Gasteiger partial charge < -0.3 is 15.5 Å². The van der Waals surface area contributed by atoms with Crippen molar-refractivity contribution in [1.82, 2.24) is 15.0 Å². The highest BCUT2D eigenvalue weighted by Crippen LogP contribution is 2.32. The Kier molecular flexibility index (Phi) is 3.37. The summed E-state index contributed by atoms with van der Waals surface area (Å²) in [5, 5.41) is 0. The molecule has 2 N–H and O–H groups in total. The number of benzene rings is 1. The van der Waals surface area contributed by atoms with Crippen molar-refractivity contribution < 1.29 is 0 Å². The van der Waals surface area contributed by atoms with Gasteiger partial charge in [-0.05, 0) is 25.0 Å². The Hall–Kier alpha value is -2.37. The maximum absolute atomic E-state index is 5.79. The number of aromatic nitrogens is 3. The Morgan fingerprint density at radius 2 is 2.00 bits per heavy atom. The molecular weight excluding hydrogens is 264 g/mol. The van der Waals surface area contributed by atoms with Crippen LogP contribution in [0.3, 0.4) is 0 Å². The second-order valence-electron chi connectivity index (χ2n) is 5.61. The van der Waals surface area contributed by atoms with Crippen molar-refractivity contribution in [2.45, 2.75) is 25.9 Å². The van der Waals surface area contributed by atoms with Gasteiger partial charge in [-0.2, -0.15) is 15.0 Å². The zero-order valence-corrected chi connectivity index (χ0v) is 12.6. The monoisotopic (exact) mass is 284 g/mol. The summed E-state index contributed by atoms with van der Waals surface area (Å²) in [6.45, 7) is 2.86. The number of hydrogen-bond donors (Lipinski definition) is 1. The molecule has 1 aliphatic rings. The van der Waals surface area contributed by atoms with E-state index in [1.807, 2.05) is 19.0 Å². The van der Waals surface area contributed by atoms with Gasteiger partial charge in [0.15, 0.2) is 5.82 Å². The largest absolute Gasteiger partial charge is 0.368 e. The molecule has 1 unspecified atom stereocenters. The highest BCUT2D eigenvalue weighted by atomic mass is 15.3. The molecule has 1 aromatic carbocycles. The number of nitrogens with two attached hydrogens (primary N) is 1. The van der Waals surface area contributed by atoms with Crippen molar-refractivity contribution in [2.24, 2.45) is 0 Å². The normalized spacial score (nSPS) is 16.9. The molecule has 0 saturated heterocycles. The third-order valence-electron chi connectivity index (χ3n) is 3.75. The lowest BCUT2D eigenvalue weighted by atomic mass is 10.1. The van der Waals surface area contributed by atoms with Crippen molar-refractivity contribution in [2.75, 3.05) is 29.6 Å². The lowest BCUT2D eigenvalue weighted by molar-refractivity contribution is 0.653. The van der Waals surface area contributed by atoms with E-state index in [4.69, 9.17) is 5.73 Å². The standard InChI is InChI=1S/C15H20N6/c1-10-8-11-6-4-5-7-12(11)21(10)9-13-17-14(16)19-15(18-13)20(2)3/h4-7,10H,8-9H2,1-3H3,(H2,16,17,18,19). The van der Waals surface area contributed by atoms with Gasteiger partial charge in [-0.1, -0.05) is 18.2 Å². The summed E-state index contributed by atoms with van der Waals surface area (Å²) >= 11 is 0. The molecule has 6 nitrogen and oxygen atoms in total. The molecule has 0 bridgehead atoms. The minimum Gasteiger partial charge on any atom is -0.368 e. The van der Waals surface area contributed by atoms with E-state index in [2.05, 4.69) is 51.0 Å². The molecule has 0 aliphatic carbocycles. The van der Waals surface area contributed by atoms with Gasteiger partial charge in [0.25, 0.3) is 0 Å². The van der Waals surface area contributed by atoms with Gasteiger partial charge in [-0.3, -0.25) is 0 Å². The fourth-order valence-corrected chi connectivity index (χ4v) is 2.72. The Morgan fingerprint density at radius 1 is 1.24 bits per heavy atom. The summed E-state index contributed by atoms with van der Waals surface area (Å²) < 4.78 is 0. The van der Waals surface area contributed by atoms with Gasteiger partial charge in [-0.25, -0.2) is 0 Å². The quantitative estimate of drug-likeness (QED) is 0.920. The molecule has 0 fully saturated rings. The zero-order chi connectivity index (χ0) is 15.0. The van der Waals surface area contributed by atoms with Crippen LogP contribution >= 0.6 is 0 Å². The smallest absolute Gasteiger partial charge is 0.229 e. The molecule has 1 aromatic heterocycles. The molecule has 2 heterocycles. The molecule has 0 amide bonds. The Balaban J connectivity index is 1.90. The molecular formula is C15H20N6. The minimum absolute atomic E-state index is 0.267. The van der Waals surface area contributed by atoms with Gasteiger partial charge in [0, 0.05) is 25.8 Å². The lowest BCUT2D eigenvalue weighted by Gasteiger charge is -2.24. The van der Waals surface area contributed by atoms with Crippen LogP contribution in [0.25, 0.3) is 0 Å². The van der Waals surface area contributed by atoms with Gasteiger partial charge in [0.2, 0.25) is 11.9 Å². The maximum Gasteiger partial charge on any atom is 0.229 e. The van der Waals surface area contributed by atoms with E-state index in [0.29, 0.717) is 24.4 Å². The van der Waals surface area contributed by atoms with Crippen LogP contribution in [-0.2, 0) is 13.0 Å². The molecule has 110 valence electrons. The van der Waals surface area contributed by atoms with E-state index in [0.717, 1.165) is 6.42 Å². The fraction of sp³-hybridized carbons (Fsp3) is 0.400. The van der Waals surface area contributed by atoms with Gasteiger partial charge >= 0.3 is 0 Å². The minimum atomic E-state index is 0.267. The summed E-state index contributed by atoms with van der Waals surface area (Å²) in [5.74, 6) is 1.57. The average molecular weight is 284 g/mol. The first-order valence-electron chi connectivity index (χ1n) is 7.07. The molecule has 1 aliphatic heterocycles. The highest BCUT2D eigenvalue weighted by Gasteiger charge is 2.26. The van der Waals surface area contributed by atoms with Crippen molar-refractivity contribution in [3.63, 3.8) is 0 Å². The Labute approximate surface area is 124 Å². The van der Waals surface area contributed by atoms with Crippen molar-refractivity contribution in [1.29, 1.82) is 0 Å². The summed E-state index contributed by atoms with van der Waals surface area (Å²) in [4.78, 5) is 17.1. The molecule has 21 heavy (non-hydrogen) atoms. The van der Waals surface area contributed by atoms with Gasteiger partial charge in [0.05, 0.1) is 6.54 Å². The zero-order valence-electron chi connectivity index (χ0n) is 12.6. The van der Waals surface area contributed by atoms with Crippen molar-refractivity contribution >= 4 is 17.6 Å². The third-order valence-corrected chi connectivity index (χ3v) is 3.75. The Morgan fingerprint density at radius 3 is 2.76 bits per heavy atom. The first-order chi connectivity index (χ1) is 10.0. The number of nitrogens with zero attached hydrogens (tertiary/aromatic N) is 5. The first kappa shape index (κ1) is 13.6. The Bertz CT molecular complexity index is 654. The number of para-hydroxylation sites is 1. The van der Waals surface area contributed by atoms with Gasteiger partial charge in [-0.15, -0.1) is 0 Å². The number of nitrogen functional groups attached to an aromatic ring is 1. The van der Waals surface area contributed by atoms with Crippen LogP contribution < -0.4 is 15.5 Å². The number of rotatable bonds is 3. The van der Waals surface area contributed by atoms with Crippen LogP contribution in [0.1, 0.15) is 18.3 Å². The third kappa shape index (κ3) is 2.61. The van der Waals surface area contributed by atoms with Crippen LogP contribution in [0.5, 0.6) is 0 Å². The van der Waals surface area contributed by atoms with Gasteiger partial charge in [0.1, 0.15) is 0 Å². The molecule has 0 radical (unpaired) electrons. The van der Waals surface area contributed by atoms with E-state index >= 15 is 0 Å². The van der Waals surface area contributed by atoms with Crippen molar-refractivity contribution in [3.8, 4) is 0 Å². The van der Waals surface area contributed by atoms with E-state index in [1.165, 1.54) is 11.3 Å². The second-order valence-corrected chi connectivity index (χ2v) is 5.61. The van der Waals surface area contributed by atoms with E-state index in [-0.39, 0.29) is 5.95 Å². The topological polar surface area (TPSA) is 71.2 Å². The SMILES string of the molecule is CC1Cc2ccccc2N1Cc1nc(N)nc(N(C)C)n1. The van der Waals surface area contributed by atoms with E-state index < -0.39 is 0 Å². The molecule has 0 saturated carbocycles. The summed E-state index contributed by atoms with van der Waals surface area (Å²) in [7, 11) is 3.79. The average Bonchev–Trinajstić information content (AvgIpc) is 2.75. The summed E-state index contributed by atoms with van der Waals surface area (Å²) in [6, 6.07) is 8.91. The van der Waals surface area contributed by atoms with Crippen molar-refractivity contribution in [3.05, 3.63) is 35.7 Å². The van der Waals surface area contributed by atoms with E-state index in [1.54, 1.807) is 0 Å². The fourth-order valence-electron chi connectivity index (χ4n) is 2.72. The second kappa shape index (κ2) is 5.20. The number of anilines is 3.